The average Bonchev–Trinajstić information content (AvgIpc) is 3.02. The molecular formula is C26H32Si. The van der Waals surface area contributed by atoms with Gasteiger partial charge in [-0.1, -0.05) is 84.9 Å². The van der Waals surface area contributed by atoms with Crippen molar-refractivity contribution >= 4 is 29.6 Å². The molecule has 2 atom stereocenters. The zero-order valence-corrected chi connectivity index (χ0v) is 19.1. The van der Waals surface area contributed by atoms with Crippen LogP contribution in [0.3, 0.4) is 0 Å². The zero-order chi connectivity index (χ0) is 19.7. The van der Waals surface area contributed by atoms with E-state index in [0.717, 1.165) is 0 Å². The predicted octanol–water partition coefficient (Wildman–Crippen LogP) is 6.17. The highest BCUT2D eigenvalue weighted by Gasteiger charge is 2.37. The molecule has 27 heavy (non-hydrogen) atoms. The Labute approximate surface area is 166 Å². The van der Waals surface area contributed by atoms with Gasteiger partial charge >= 0.3 is 0 Å². The maximum Gasteiger partial charge on any atom is 0.113 e. The molecule has 1 heteroatoms. The summed E-state index contributed by atoms with van der Waals surface area (Å²) in [6.45, 7) is 19.0. The summed E-state index contributed by atoms with van der Waals surface area (Å²) >= 11 is 0. The van der Waals surface area contributed by atoms with Gasteiger partial charge in [-0.25, -0.2) is 0 Å². The Balaban J connectivity index is 1.99. The molecule has 2 aliphatic rings. The van der Waals surface area contributed by atoms with Crippen molar-refractivity contribution in [1.29, 1.82) is 0 Å². The van der Waals surface area contributed by atoms with Gasteiger partial charge in [-0.15, -0.1) is 0 Å². The highest BCUT2D eigenvalue weighted by Crippen LogP contribution is 2.38. The van der Waals surface area contributed by atoms with Gasteiger partial charge in [-0.05, 0) is 61.1 Å². The molecular weight excluding hydrogens is 340 g/mol. The van der Waals surface area contributed by atoms with Crippen LogP contribution in [0.15, 0.2) is 36.4 Å². The summed E-state index contributed by atoms with van der Waals surface area (Å²) in [4.78, 5) is 0. The molecule has 0 N–H and O–H groups in total. The molecule has 0 nitrogen and oxygen atoms in total. The minimum atomic E-state index is -1.84. The predicted molar refractivity (Wildman–Crippen MR) is 123 cm³/mol. The molecule has 2 aromatic rings. The van der Waals surface area contributed by atoms with Crippen LogP contribution in [0.4, 0.5) is 0 Å². The SMILES string of the molecule is CC1=CC(C)c2c1cc(C)cc2[Si](C)(C)c1cc(C)cc2c1C(C)C=C2C. The molecule has 0 amide bonds. The third-order valence-electron chi connectivity index (χ3n) is 6.76. The third kappa shape index (κ3) is 2.70. The lowest BCUT2D eigenvalue weighted by molar-refractivity contribution is 0.991. The van der Waals surface area contributed by atoms with Gasteiger partial charge in [0.2, 0.25) is 0 Å². The van der Waals surface area contributed by atoms with Crippen molar-refractivity contribution in [2.45, 2.75) is 66.5 Å². The van der Waals surface area contributed by atoms with Crippen molar-refractivity contribution in [2.75, 3.05) is 0 Å². The minimum absolute atomic E-state index is 0.525. The summed E-state index contributed by atoms with van der Waals surface area (Å²) in [5.41, 5.74) is 11.9. The van der Waals surface area contributed by atoms with Crippen LogP contribution in [0.25, 0.3) is 11.1 Å². The lowest BCUT2D eigenvalue weighted by atomic mass is 9.99. The van der Waals surface area contributed by atoms with Gasteiger partial charge in [-0.2, -0.15) is 0 Å². The maximum atomic E-state index is 2.57. The fourth-order valence-electron chi connectivity index (χ4n) is 5.50. The van der Waals surface area contributed by atoms with Crippen LogP contribution in [-0.2, 0) is 0 Å². The molecule has 2 aliphatic carbocycles. The molecule has 0 aromatic heterocycles. The first kappa shape index (κ1) is 18.5. The van der Waals surface area contributed by atoms with E-state index in [0.29, 0.717) is 11.8 Å². The summed E-state index contributed by atoms with van der Waals surface area (Å²) in [5.74, 6) is 1.05. The standard InChI is InChI=1S/C26H32Si/c1-15-9-21-17(3)13-19(5)25(21)23(11-15)27(7,8)24-12-16(2)10-22-18(4)14-20(6)26(22)24/h9-14,19-20H,1-8H3. The zero-order valence-electron chi connectivity index (χ0n) is 18.1. The number of hydrogen-bond acceptors (Lipinski definition) is 0. The Hall–Kier alpha value is -1.86. The molecule has 140 valence electrons. The van der Waals surface area contributed by atoms with Crippen LogP contribution in [0.5, 0.6) is 0 Å². The van der Waals surface area contributed by atoms with Gasteiger partial charge in [0.1, 0.15) is 8.07 Å². The second-order valence-corrected chi connectivity index (χ2v) is 13.8. The number of fused-ring (bicyclic) bond motifs is 2. The van der Waals surface area contributed by atoms with Crippen LogP contribution in [0, 0.1) is 13.8 Å². The van der Waals surface area contributed by atoms with E-state index in [1.807, 2.05) is 0 Å². The normalized spacial score (nSPS) is 21.0. The van der Waals surface area contributed by atoms with Crippen molar-refractivity contribution in [2.24, 2.45) is 0 Å². The van der Waals surface area contributed by atoms with E-state index in [9.17, 15) is 0 Å². The van der Waals surface area contributed by atoms with E-state index >= 15 is 0 Å². The van der Waals surface area contributed by atoms with E-state index < -0.39 is 8.07 Å². The first-order valence-electron chi connectivity index (χ1n) is 10.3. The second kappa shape index (κ2) is 6.07. The van der Waals surface area contributed by atoms with Crippen LogP contribution in [0.1, 0.15) is 72.9 Å². The van der Waals surface area contributed by atoms with E-state index in [1.54, 1.807) is 21.5 Å². The molecule has 0 aliphatic heterocycles. The first-order chi connectivity index (χ1) is 12.6. The van der Waals surface area contributed by atoms with E-state index in [4.69, 9.17) is 0 Å². The molecule has 0 bridgehead atoms. The monoisotopic (exact) mass is 372 g/mol. The Morgan fingerprint density at radius 1 is 0.630 bits per heavy atom. The molecule has 0 saturated carbocycles. The number of allylic oxidation sites excluding steroid dienone is 4. The van der Waals surface area contributed by atoms with Gasteiger partial charge in [0.15, 0.2) is 0 Å². The molecule has 0 fully saturated rings. The molecule has 0 saturated heterocycles. The molecule has 0 heterocycles. The van der Waals surface area contributed by atoms with E-state index in [1.165, 1.54) is 33.4 Å². The minimum Gasteiger partial charge on any atom is -0.0737 e. The highest BCUT2D eigenvalue weighted by molar-refractivity contribution is 7.01. The Bertz CT molecular complexity index is 935. The van der Waals surface area contributed by atoms with Crippen LogP contribution in [-0.4, -0.2) is 8.07 Å². The fourth-order valence-corrected chi connectivity index (χ4v) is 9.04. The average molecular weight is 373 g/mol. The molecule has 2 aromatic carbocycles. The Morgan fingerprint density at radius 2 is 1.00 bits per heavy atom. The molecule has 0 radical (unpaired) electrons. The van der Waals surface area contributed by atoms with Crippen LogP contribution < -0.4 is 10.4 Å². The van der Waals surface area contributed by atoms with Crippen molar-refractivity contribution in [1.82, 2.24) is 0 Å². The lowest BCUT2D eigenvalue weighted by Gasteiger charge is -2.32. The van der Waals surface area contributed by atoms with Crippen molar-refractivity contribution in [3.8, 4) is 0 Å². The largest absolute Gasteiger partial charge is 0.113 e. The van der Waals surface area contributed by atoms with Gasteiger partial charge < -0.3 is 0 Å². The lowest BCUT2D eigenvalue weighted by Crippen LogP contribution is -2.56. The van der Waals surface area contributed by atoms with Gasteiger partial charge in [0.25, 0.3) is 0 Å². The summed E-state index contributed by atoms with van der Waals surface area (Å²) in [7, 11) is -1.84. The second-order valence-electron chi connectivity index (χ2n) is 9.45. The number of hydrogen-bond donors (Lipinski definition) is 0. The number of benzene rings is 2. The van der Waals surface area contributed by atoms with Crippen molar-refractivity contribution in [3.05, 3.63) is 69.8 Å². The van der Waals surface area contributed by atoms with Gasteiger partial charge in [0.05, 0.1) is 0 Å². The Kier molecular flexibility index (Phi) is 4.16. The summed E-state index contributed by atoms with van der Waals surface area (Å²) < 4.78 is 0. The quantitative estimate of drug-likeness (QED) is 0.553. The summed E-state index contributed by atoms with van der Waals surface area (Å²) in [6, 6.07) is 9.80. The molecule has 4 rings (SSSR count). The van der Waals surface area contributed by atoms with Crippen molar-refractivity contribution < 1.29 is 0 Å². The van der Waals surface area contributed by atoms with Gasteiger partial charge in [0, 0.05) is 11.8 Å². The Morgan fingerprint density at radius 3 is 1.37 bits per heavy atom. The summed E-state index contributed by atoms with van der Waals surface area (Å²) in [6.07, 6.45) is 4.90. The maximum absolute atomic E-state index is 2.57. The smallest absolute Gasteiger partial charge is 0.0737 e. The summed E-state index contributed by atoms with van der Waals surface area (Å²) in [5, 5.41) is 3.28. The van der Waals surface area contributed by atoms with Crippen LogP contribution in [0.2, 0.25) is 13.1 Å². The van der Waals surface area contributed by atoms with Crippen molar-refractivity contribution in [3.63, 3.8) is 0 Å². The topological polar surface area (TPSA) is 0 Å². The third-order valence-corrected chi connectivity index (χ3v) is 10.3. The number of rotatable bonds is 2. The first-order valence-corrected chi connectivity index (χ1v) is 13.3. The fraction of sp³-hybridized carbons (Fsp3) is 0.385. The molecule has 2 unspecified atom stereocenters. The van der Waals surface area contributed by atoms with E-state index in [-0.39, 0.29) is 0 Å². The van der Waals surface area contributed by atoms with Gasteiger partial charge in [-0.3, -0.25) is 0 Å². The van der Waals surface area contributed by atoms with Crippen LogP contribution >= 0.6 is 0 Å². The number of aryl methyl sites for hydroxylation is 2. The van der Waals surface area contributed by atoms with E-state index in [2.05, 4.69) is 91.1 Å². The highest BCUT2D eigenvalue weighted by atomic mass is 28.3. The molecule has 0 spiro atoms.